The molecule has 0 heterocycles. The fraction of sp³-hybridized carbons (Fsp3) is 1.00. The highest BCUT2D eigenvalue weighted by molar-refractivity contribution is 4.44. The minimum absolute atomic E-state index is 0. The number of rotatable bonds is 4. The normalized spacial score (nSPS) is 9.00. The second-order valence-corrected chi connectivity index (χ2v) is 2.30. The molecular formula is C8H24N2. The van der Waals surface area contributed by atoms with E-state index in [2.05, 4.69) is 19.0 Å². The quantitative estimate of drug-likeness (QED) is 0.613. The van der Waals surface area contributed by atoms with Crippen LogP contribution in [0.1, 0.15) is 28.1 Å². The molecule has 0 aromatic carbocycles. The first kappa shape index (κ1) is 12.6. The molecule has 0 aromatic heterocycles. The maximum absolute atomic E-state index is 5.30. The Hall–Kier alpha value is -0.0800. The van der Waals surface area contributed by atoms with E-state index < -0.39 is 0 Å². The molecule has 2 N–H and O–H groups in total. The van der Waals surface area contributed by atoms with Gasteiger partial charge >= 0.3 is 0 Å². The zero-order valence-corrected chi connectivity index (χ0v) is 7.85. The summed E-state index contributed by atoms with van der Waals surface area (Å²) < 4.78 is 0. The van der Waals surface area contributed by atoms with Crippen LogP contribution in [0.2, 0.25) is 0 Å². The van der Waals surface area contributed by atoms with Gasteiger partial charge in [0.2, 0.25) is 0 Å². The number of nitrogens with zero attached hydrogens (tertiary/aromatic N) is 1. The van der Waals surface area contributed by atoms with Gasteiger partial charge in [0.15, 0.2) is 0 Å². The molecule has 0 rings (SSSR count). The Kier molecular flexibility index (Phi) is 14.7. The van der Waals surface area contributed by atoms with Crippen molar-refractivity contribution < 1.29 is 1.43 Å². The first-order valence-corrected chi connectivity index (χ1v) is 4.12. The van der Waals surface area contributed by atoms with E-state index in [4.69, 9.17) is 5.73 Å². The summed E-state index contributed by atoms with van der Waals surface area (Å²) in [6.07, 6.45) is 2.38. The molecule has 0 spiro atoms. The van der Waals surface area contributed by atoms with Crippen molar-refractivity contribution in [1.29, 1.82) is 0 Å². The standard InChI is InChI=1S/C6H16N2.C2H6.H2/c1-8(2)6-4-3-5-7;1-2;/h3-7H2,1-2H3;1-2H3;1H. The Morgan fingerprint density at radius 1 is 1.20 bits per heavy atom. The van der Waals surface area contributed by atoms with Crippen LogP contribution in [0.3, 0.4) is 0 Å². The number of hydrogen-bond donors (Lipinski definition) is 1. The molecule has 0 aliphatic rings. The minimum Gasteiger partial charge on any atom is -0.330 e. The lowest BCUT2D eigenvalue weighted by atomic mass is 10.3. The summed E-state index contributed by atoms with van der Waals surface area (Å²) in [5, 5.41) is 0. The van der Waals surface area contributed by atoms with Gasteiger partial charge in [0.25, 0.3) is 0 Å². The zero-order chi connectivity index (χ0) is 8.41. The average molecular weight is 148 g/mol. The van der Waals surface area contributed by atoms with Crippen molar-refractivity contribution in [2.24, 2.45) is 5.73 Å². The van der Waals surface area contributed by atoms with Gasteiger partial charge in [-0.25, -0.2) is 0 Å². The molecule has 0 saturated carbocycles. The molecule has 0 aliphatic heterocycles. The molecule has 10 heavy (non-hydrogen) atoms. The molecule has 0 saturated heterocycles. The number of nitrogens with two attached hydrogens (primary N) is 1. The van der Waals surface area contributed by atoms with Gasteiger partial charge in [-0.2, -0.15) is 0 Å². The first-order chi connectivity index (χ1) is 4.77. The summed E-state index contributed by atoms with van der Waals surface area (Å²) in [7, 11) is 4.16. The van der Waals surface area contributed by atoms with Gasteiger partial charge in [0.1, 0.15) is 0 Å². The first-order valence-electron chi connectivity index (χ1n) is 4.12. The predicted molar refractivity (Wildman–Crippen MR) is 50.3 cm³/mol. The second-order valence-electron chi connectivity index (χ2n) is 2.30. The lowest BCUT2D eigenvalue weighted by molar-refractivity contribution is 0.396. The third-order valence-corrected chi connectivity index (χ3v) is 1.06. The SMILES string of the molecule is CC.CN(C)CCCCN.[HH]. The average Bonchev–Trinajstić information content (AvgIpc) is 1.92. The van der Waals surface area contributed by atoms with Crippen LogP contribution < -0.4 is 5.73 Å². The van der Waals surface area contributed by atoms with Crippen LogP contribution in [0.5, 0.6) is 0 Å². The highest BCUT2D eigenvalue weighted by Crippen LogP contribution is 1.86. The van der Waals surface area contributed by atoms with Crippen molar-refractivity contribution in [2.75, 3.05) is 27.2 Å². The van der Waals surface area contributed by atoms with Gasteiger partial charge in [-0.3, -0.25) is 0 Å². The predicted octanol–water partition coefficient (Wildman–Crippen LogP) is 1.56. The Balaban J connectivity index is -0.000000196. The molecule has 0 atom stereocenters. The lowest BCUT2D eigenvalue weighted by Gasteiger charge is -2.06. The Morgan fingerprint density at radius 2 is 1.70 bits per heavy atom. The largest absolute Gasteiger partial charge is 0.330 e. The number of unbranched alkanes of at least 4 members (excludes halogenated alkanes) is 1. The zero-order valence-electron chi connectivity index (χ0n) is 7.85. The van der Waals surface area contributed by atoms with Crippen LogP contribution in [0, 0.1) is 0 Å². The van der Waals surface area contributed by atoms with Gasteiger partial charge in [0.05, 0.1) is 0 Å². The Morgan fingerprint density at radius 3 is 2.00 bits per heavy atom. The third-order valence-electron chi connectivity index (χ3n) is 1.06. The molecule has 0 radical (unpaired) electrons. The summed E-state index contributed by atoms with van der Waals surface area (Å²) in [5.41, 5.74) is 5.30. The van der Waals surface area contributed by atoms with Gasteiger partial charge in [0, 0.05) is 1.43 Å². The van der Waals surface area contributed by atoms with Crippen molar-refractivity contribution in [3.63, 3.8) is 0 Å². The molecule has 0 aliphatic carbocycles. The fourth-order valence-electron chi connectivity index (χ4n) is 0.572. The maximum Gasteiger partial charge on any atom is 0 e. The minimum atomic E-state index is 0. The molecule has 0 bridgehead atoms. The summed E-state index contributed by atoms with van der Waals surface area (Å²) in [5.74, 6) is 0. The number of hydrogen-bond acceptors (Lipinski definition) is 2. The highest BCUT2D eigenvalue weighted by atomic mass is 15.0. The van der Waals surface area contributed by atoms with Crippen LogP contribution in [-0.4, -0.2) is 32.1 Å². The van der Waals surface area contributed by atoms with Gasteiger partial charge in [-0.1, -0.05) is 13.8 Å². The van der Waals surface area contributed by atoms with Crippen molar-refractivity contribution in [3.8, 4) is 0 Å². The van der Waals surface area contributed by atoms with Crippen LogP contribution in [-0.2, 0) is 0 Å². The molecule has 2 heteroatoms. The summed E-state index contributed by atoms with van der Waals surface area (Å²) in [6.45, 7) is 5.99. The third kappa shape index (κ3) is 15.7. The van der Waals surface area contributed by atoms with E-state index in [0.717, 1.165) is 19.5 Å². The van der Waals surface area contributed by atoms with E-state index in [1.54, 1.807) is 0 Å². The summed E-state index contributed by atoms with van der Waals surface area (Å²) in [6, 6.07) is 0. The smallest absolute Gasteiger partial charge is 0 e. The Labute approximate surface area is 66.9 Å². The topological polar surface area (TPSA) is 29.3 Å². The van der Waals surface area contributed by atoms with Crippen molar-refractivity contribution in [2.45, 2.75) is 26.7 Å². The summed E-state index contributed by atoms with van der Waals surface area (Å²) in [4.78, 5) is 2.18. The van der Waals surface area contributed by atoms with Gasteiger partial charge in [-0.05, 0) is 40.0 Å². The van der Waals surface area contributed by atoms with Crippen molar-refractivity contribution in [3.05, 3.63) is 0 Å². The van der Waals surface area contributed by atoms with Crippen molar-refractivity contribution >= 4 is 0 Å². The molecule has 0 amide bonds. The van der Waals surface area contributed by atoms with Crippen LogP contribution in [0.15, 0.2) is 0 Å². The molecule has 0 fully saturated rings. The van der Waals surface area contributed by atoms with E-state index >= 15 is 0 Å². The van der Waals surface area contributed by atoms with Crippen LogP contribution in [0.4, 0.5) is 0 Å². The Bertz CT molecular complexity index is 49.4. The molecule has 66 valence electrons. The summed E-state index contributed by atoms with van der Waals surface area (Å²) >= 11 is 0. The molecule has 0 unspecified atom stereocenters. The van der Waals surface area contributed by atoms with E-state index in [1.807, 2.05) is 13.8 Å². The molecule has 0 aromatic rings. The van der Waals surface area contributed by atoms with Gasteiger partial charge in [-0.15, -0.1) is 0 Å². The van der Waals surface area contributed by atoms with Crippen molar-refractivity contribution in [1.82, 2.24) is 4.90 Å². The molecular weight excluding hydrogens is 124 g/mol. The van der Waals surface area contributed by atoms with E-state index in [-0.39, 0.29) is 1.43 Å². The lowest BCUT2D eigenvalue weighted by Crippen LogP contribution is -2.14. The van der Waals surface area contributed by atoms with Crippen LogP contribution in [0.25, 0.3) is 0 Å². The van der Waals surface area contributed by atoms with E-state index in [9.17, 15) is 0 Å². The molecule has 2 nitrogen and oxygen atoms in total. The van der Waals surface area contributed by atoms with Gasteiger partial charge < -0.3 is 10.6 Å². The monoisotopic (exact) mass is 148 g/mol. The highest BCUT2D eigenvalue weighted by Gasteiger charge is 1.86. The van der Waals surface area contributed by atoms with E-state index in [0.29, 0.717) is 0 Å². The van der Waals surface area contributed by atoms with Crippen LogP contribution >= 0.6 is 0 Å². The fourth-order valence-corrected chi connectivity index (χ4v) is 0.572. The second kappa shape index (κ2) is 11.7. The van der Waals surface area contributed by atoms with E-state index in [1.165, 1.54) is 6.42 Å². The maximum atomic E-state index is 5.30.